The number of nitrogens with one attached hydrogen (secondary N) is 1. The number of nitrogens with zero attached hydrogens (tertiary/aromatic N) is 5. The molecule has 34 heavy (non-hydrogen) atoms. The molecule has 0 radical (unpaired) electrons. The lowest BCUT2D eigenvalue weighted by Crippen LogP contribution is -2.41. The van der Waals surface area contributed by atoms with E-state index in [-0.39, 0.29) is 17.7 Å². The summed E-state index contributed by atoms with van der Waals surface area (Å²) in [5.74, 6) is 2.58. The molecule has 1 aromatic carbocycles. The molecule has 0 saturated carbocycles. The van der Waals surface area contributed by atoms with Crippen molar-refractivity contribution in [2.45, 2.75) is 51.3 Å². The molecule has 180 valence electrons. The highest BCUT2D eigenvalue weighted by Crippen LogP contribution is 2.36. The highest BCUT2D eigenvalue weighted by molar-refractivity contribution is 5.83. The van der Waals surface area contributed by atoms with Gasteiger partial charge in [0.15, 0.2) is 17.3 Å². The number of hydrogen-bond donors (Lipinski definition) is 1. The average Bonchev–Trinajstić information content (AvgIpc) is 3.51. The van der Waals surface area contributed by atoms with E-state index in [1.165, 1.54) is 6.42 Å². The first-order chi connectivity index (χ1) is 16.7. The van der Waals surface area contributed by atoms with Crippen molar-refractivity contribution in [3.05, 3.63) is 39.9 Å². The van der Waals surface area contributed by atoms with Crippen molar-refractivity contribution in [1.82, 2.24) is 30.1 Å². The summed E-state index contributed by atoms with van der Waals surface area (Å²) in [7, 11) is 0. The van der Waals surface area contributed by atoms with E-state index in [2.05, 4.69) is 32.3 Å². The van der Waals surface area contributed by atoms with Crippen LogP contribution in [-0.4, -0.2) is 69.1 Å². The second-order valence-electron chi connectivity index (χ2n) is 9.64. The van der Waals surface area contributed by atoms with Crippen LogP contribution in [0, 0.1) is 5.92 Å². The summed E-state index contributed by atoms with van der Waals surface area (Å²) in [4.78, 5) is 18.9. The number of benzene rings is 1. The number of aromatic amines is 1. The first-order valence-electron chi connectivity index (χ1n) is 12.2. The second kappa shape index (κ2) is 8.99. The molecule has 5 heterocycles. The molecule has 3 aliphatic rings. The van der Waals surface area contributed by atoms with Gasteiger partial charge in [0.05, 0.1) is 18.2 Å². The molecule has 3 aromatic rings. The highest BCUT2D eigenvalue weighted by atomic mass is 16.6. The van der Waals surface area contributed by atoms with Crippen molar-refractivity contribution in [2.75, 3.05) is 32.9 Å². The normalized spacial score (nSPS) is 23.9. The Labute approximate surface area is 197 Å². The Kier molecular flexibility index (Phi) is 5.70. The lowest BCUT2D eigenvalue weighted by molar-refractivity contribution is 0.0889. The number of tetrazole rings is 1. The number of H-pyrrole nitrogens is 1. The summed E-state index contributed by atoms with van der Waals surface area (Å²) < 4.78 is 19.1. The van der Waals surface area contributed by atoms with Gasteiger partial charge in [-0.15, -0.1) is 5.10 Å². The first-order valence-corrected chi connectivity index (χ1v) is 12.2. The maximum Gasteiger partial charge on any atom is 0.253 e. The number of rotatable bonds is 5. The first kappa shape index (κ1) is 21.5. The molecular formula is C24H30N6O4. The van der Waals surface area contributed by atoms with Crippen LogP contribution < -0.4 is 15.0 Å². The predicted molar refractivity (Wildman–Crippen MR) is 124 cm³/mol. The molecular weight excluding hydrogens is 436 g/mol. The third-order valence-electron chi connectivity index (χ3n) is 7.09. The number of ether oxygens (including phenoxy) is 3. The van der Waals surface area contributed by atoms with E-state index < -0.39 is 0 Å². The minimum Gasteiger partial charge on any atom is -0.486 e. The summed E-state index contributed by atoms with van der Waals surface area (Å²) in [5, 5.41) is 13.6. The minimum atomic E-state index is -0.347. The molecule has 2 saturated heterocycles. The molecule has 10 heteroatoms. The van der Waals surface area contributed by atoms with Crippen molar-refractivity contribution < 1.29 is 14.2 Å². The summed E-state index contributed by atoms with van der Waals surface area (Å²) in [6.07, 6.45) is 4.41. The maximum absolute atomic E-state index is 13.5. The molecule has 3 aliphatic heterocycles. The van der Waals surface area contributed by atoms with E-state index in [0.717, 1.165) is 49.9 Å². The molecule has 0 aliphatic carbocycles. The third-order valence-corrected chi connectivity index (χ3v) is 7.09. The van der Waals surface area contributed by atoms with E-state index in [1.807, 2.05) is 22.9 Å². The van der Waals surface area contributed by atoms with Gasteiger partial charge in [-0.3, -0.25) is 9.69 Å². The SMILES string of the molecule is CC1CCCN(C(c2cc3cc4c(cc3[nH]c2=O)OCCO4)c2nnnn2CC2CCCO2)C1. The van der Waals surface area contributed by atoms with Crippen LogP contribution in [-0.2, 0) is 11.3 Å². The Balaban J connectivity index is 1.45. The van der Waals surface area contributed by atoms with Crippen LogP contribution in [0.5, 0.6) is 11.5 Å². The zero-order valence-electron chi connectivity index (χ0n) is 19.4. The second-order valence-corrected chi connectivity index (χ2v) is 9.64. The Morgan fingerprint density at radius 1 is 1.12 bits per heavy atom. The van der Waals surface area contributed by atoms with Gasteiger partial charge in [-0.2, -0.15) is 0 Å². The quantitative estimate of drug-likeness (QED) is 0.610. The van der Waals surface area contributed by atoms with Crippen LogP contribution in [0.1, 0.15) is 50.0 Å². The number of hydrogen-bond acceptors (Lipinski definition) is 8. The number of piperidine rings is 1. The van der Waals surface area contributed by atoms with Gasteiger partial charge in [-0.1, -0.05) is 6.92 Å². The van der Waals surface area contributed by atoms with Gasteiger partial charge in [0.25, 0.3) is 5.56 Å². The number of likely N-dealkylation sites (tertiary alicyclic amines) is 1. The zero-order valence-corrected chi connectivity index (χ0v) is 19.4. The number of fused-ring (bicyclic) bond motifs is 2. The third kappa shape index (κ3) is 4.05. The van der Waals surface area contributed by atoms with Crippen LogP contribution >= 0.6 is 0 Å². The van der Waals surface area contributed by atoms with E-state index >= 15 is 0 Å². The highest BCUT2D eigenvalue weighted by Gasteiger charge is 2.33. The Bertz CT molecular complexity index is 1230. The molecule has 3 unspecified atom stereocenters. The minimum absolute atomic E-state index is 0.0988. The smallest absolute Gasteiger partial charge is 0.253 e. The van der Waals surface area contributed by atoms with Crippen LogP contribution in [0.4, 0.5) is 0 Å². The molecule has 1 N–H and O–H groups in total. The summed E-state index contributed by atoms with van der Waals surface area (Å²) in [6, 6.07) is 5.39. The lowest BCUT2D eigenvalue weighted by atomic mass is 9.95. The Morgan fingerprint density at radius 2 is 1.97 bits per heavy atom. The summed E-state index contributed by atoms with van der Waals surface area (Å²) >= 11 is 0. The molecule has 0 bridgehead atoms. The summed E-state index contributed by atoms with van der Waals surface area (Å²) in [6.45, 7) is 6.41. The topological polar surface area (TPSA) is 107 Å². The van der Waals surface area contributed by atoms with Gasteiger partial charge in [0, 0.05) is 30.2 Å². The standard InChI is InChI=1S/C24H30N6O4/c1-15-4-2-6-29(13-15)22(23-26-27-28-30(23)14-17-5-3-7-32-17)18-10-16-11-20-21(34-9-8-33-20)12-19(16)25-24(18)31/h10-12,15,17,22H,2-9,13-14H2,1H3,(H,25,31). The van der Waals surface area contributed by atoms with Crippen LogP contribution in [0.15, 0.2) is 23.0 Å². The van der Waals surface area contributed by atoms with Crippen molar-refractivity contribution >= 4 is 10.9 Å². The van der Waals surface area contributed by atoms with Crippen molar-refractivity contribution in [1.29, 1.82) is 0 Å². The lowest BCUT2D eigenvalue weighted by Gasteiger charge is -2.36. The van der Waals surface area contributed by atoms with Gasteiger partial charge in [-0.25, -0.2) is 4.68 Å². The van der Waals surface area contributed by atoms with Gasteiger partial charge >= 0.3 is 0 Å². The van der Waals surface area contributed by atoms with E-state index in [4.69, 9.17) is 14.2 Å². The Morgan fingerprint density at radius 3 is 2.76 bits per heavy atom. The molecule has 2 aromatic heterocycles. The van der Waals surface area contributed by atoms with Crippen LogP contribution in [0.25, 0.3) is 10.9 Å². The van der Waals surface area contributed by atoms with Crippen molar-refractivity contribution in [2.24, 2.45) is 5.92 Å². The fourth-order valence-electron chi connectivity index (χ4n) is 5.44. The van der Waals surface area contributed by atoms with Gasteiger partial charge in [0.1, 0.15) is 19.3 Å². The molecule has 0 spiro atoms. The van der Waals surface area contributed by atoms with Crippen molar-refractivity contribution in [3.8, 4) is 11.5 Å². The van der Waals surface area contributed by atoms with Crippen LogP contribution in [0.2, 0.25) is 0 Å². The van der Waals surface area contributed by atoms with Gasteiger partial charge < -0.3 is 19.2 Å². The fourth-order valence-corrected chi connectivity index (χ4v) is 5.44. The monoisotopic (exact) mass is 466 g/mol. The van der Waals surface area contributed by atoms with Crippen molar-refractivity contribution in [3.63, 3.8) is 0 Å². The Hall–Kier alpha value is -2.98. The van der Waals surface area contributed by atoms with Gasteiger partial charge in [-0.05, 0) is 60.7 Å². The predicted octanol–water partition coefficient (Wildman–Crippen LogP) is 2.29. The van der Waals surface area contributed by atoms with E-state index in [0.29, 0.717) is 48.6 Å². The zero-order chi connectivity index (χ0) is 23.1. The maximum atomic E-state index is 13.5. The largest absolute Gasteiger partial charge is 0.486 e. The molecule has 3 atom stereocenters. The van der Waals surface area contributed by atoms with E-state index in [1.54, 1.807) is 0 Å². The molecule has 6 rings (SSSR count). The average molecular weight is 467 g/mol. The van der Waals surface area contributed by atoms with Gasteiger partial charge in [0.2, 0.25) is 0 Å². The molecule has 10 nitrogen and oxygen atoms in total. The molecule has 0 amide bonds. The summed E-state index contributed by atoms with van der Waals surface area (Å²) in [5.41, 5.74) is 1.23. The number of pyridine rings is 1. The molecule has 2 fully saturated rings. The van der Waals surface area contributed by atoms with E-state index in [9.17, 15) is 4.79 Å². The number of aromatic nitrogens is 5. The van der Waals surface area contributed by atoms with Crippen LogP contribution in [0.3, 0.4) is 0 Å². The fraction of sp³-hybridized carbons (Fsp3) is 0.583.